The zero-order valence-electron chi connectivity index (χ0n) is 11.7. The van der Waals surface area contributed by atoms with Crippen LogP contribution in [0.4, 0.5) is 0 Å². The van der Waals surface area contributed by atoms with Gasteiger partial charge in [0.05, 0.1) is 11.7 Å². The van der Waals surface area contributed by atoms with Crippen LogP contribution in [0.5, 0.6) is 0 Å². The van der Waals surface area contributed by atoms with Gasteiger partial charge in [0.1, 0.15) is 0 Å². The smallest absolute Gasteiger partial charge is 0.156 e. The lowest BCUT2D eigenvalue weighted by Crippen LogP contribution is -2.12. The molecule has 114 valence electrons. The number of hydrogen-bond acceptors (Lipinski definition) is 3. The normalized spacial score (nSPS) is 21.4. The summed E-state index contributed by atoms with van der Waals surface area (Å²) in [5.74, 6) is 1.24. The second kappa shape index (κ2) is 6.22. The predicted molar refractivity (Wildman–Crippen MR) is 88.7 cm³/mol. The van der Waals surface area contributed by atoms with Crippen LogP contribution >= 0.6 is 24.8 Å². The molecule has 7 heteroatoms. The molecular weight excluding hydrogens is 309 g/mol. The van der Waals surface area contributed by atoms with Gasteiger partial charge in [0.25, 0.3) is 0 Å². The Bertz CT molecular complexity index is 735. The molecule has 2 unspecified atom stereocenters. The van der Waals surface area contributed by atoms with E-state index in [1.165, 1.54) is 12.1 Å². The Morgan fingerprint density at radius 1 is 1.24 bits per heavy atom. The Hall–Kier alpha value is -1.30. The summed E-state index contributed by atoms with van der Waals surface area (Å²) in [7, 11) is 0. The molecule has 2 N–H and O–H groups in total. The predicted octanol–water partition coefficient (Wildman–Crippen LogP) is 2.77. The third kappa shape index (κ3) is 2.39. The van der Waals surface area contributed by atoms with Crippen LogP contribution < -0.4 is 5.32 Å². The van der Waals surface area contributed by atoms with Crippen LogP contribution in [-0.4, -0.2) is 32.4 Å². The van der Waals surface area contributed by atoms with Gasteiger partial charge in [-0.25, -0.2) is 9.97 Å². The topological polar surface area (TPSA) is 58.0 Å². The average Bonchev–Trinajstić information content (AvgIpc) is 3.15. The molecule has 2 atom stereocenters. The summed E-state index contributed by atoms with van der Waals surface area (Å²) in [6.45, 7) is 4.41. The quantitative estimate of drug-likeness (QED) is 0.760. The van der Waals surface area contributed by atoms with E-state index in [0.717, 1.165) is 29.9 Å². The SMILES string of the molecule is CCC1CNCC1c1cnc2cnc3[nH]ccc3n12.Cl.Cl. The van der Waals surface area contributed by atoms with Crippen LogP contribution in [0.25, 0.3) is 16.8 Å². The number of fused-ring (bicyclic) bond motifs is 3. The first-order valence-electron chi connectivity index (χ1n) is 6.88. The van der Waals surface area contributed by atoms with E-state index in [1.54, 1.807) is 0 Å². The van der Waals surface area contributed by atoms with Crippen LogP contribution in [0.2, 0.25) is 0 Å². The van der Waals surface area contributed by atoms with Gasteiger partial charge in [-0.1, -0.05) is 13.3 Å². The molecule has 3 aromatic heterocycles. The Morgan fingerprint density at radius 2 is 2.10 bits per heavy atom. The van der Waals surface area contributed by atoms with Gasteiger partial charge >= 0.3 is 0 Å². The number of imidazole rings is 1. The van der Waals surface area contributed by atoms with E-state index in [9.17, 15) is 0 Å². The maximum atomic E-state index is 4.52. The van der Waals surface area contributed by atoms with Crippen molar-refractivity contribution in [3.63, 3.8) is 0 Å². The van der Waals surface area contributed by atoms with Crippen molar-refractivity contribution in [1.82, 2.24) is 24.7 Å². The molecule has 1 aliphatic rings. The highest BCUT2D eigenvalue weighted by atomic mass is 35.5. The van der Waals surface area contributed by atoms with Crippen molar-refractivity contribution in [3.05, 3.63) is 30.4 Å². The molecule has 1 fully saturated rings. The van der Waals surface area contributed by atoms with Gasteiger partial charge in [-0.3, -0.25) is 4.40 Å². The van der Waals surface area contributed by atoms with Crippen LogP contribution in [0.1, 0.15) is 25.0 Å². The molecule has 0 amide bonds. The van der Waals surface area contributed by atoms with E-state index in [1.807, 2.05) is 18.6 Å². The molecule has 1 aliphatic heterocycles. The van der Waals surface area contributed by atoms with Gasteiger partial charge in [0.15, 0.2) is 11.3 Å². The van der Waals surface area contributed by atoms with E-state index in [-0.39, 0.29) is 24.8 Å². The largest absolute Gasteiger partial charge is 0.345 e. The first kappa shape index (κ1) is 16.1. The average molecular weight is 328 g/mol. The molecule has 0 bridgehead atoms. The summed E-state index contributed by atoms with van der Waals surface area (Å²) in [6, 6.07) is 2.07. The third-order valence-corrected chi connectivity index (χ3v) is 4.31. The van der Waals surface area contributed by atoms with E-state index >= 15 is 0 Å². The summed E-state index contributed by atoms with van der Waals surface area (Å²) in [5.41, 5.74) is 4.28. The van der Waals surface area contributed by atoms with Crippen LogP contribution in [0, 0.1) is 5.92 Å². The van der Waals surface area contributed by atoms with E-state index in [2.05, 4.69) is 37.7 Å². The molecule has 0 radical (unpaired) electrons. The third-order valence-electron chi connectivity index (χ3n) is 4.31. The second-order valence-electron chi connectivity index (χ2n) is 5.28. The minimum Gasteiger partial charge on any atom is -0.345 e. The molecule has 3 aromatic rings. The lowest BCUT2D eigenvalue weighted by Gasteiger charge is -2.16. The minimum atomic E-state index is 0. The Kier molecular flexibility index (Phi) is 4.76. The molecule has 0 aromatic carbocycles. The summed E-state index contributed by atoms with van der Waals surface area (Å²) in [6.07, 6.45) is 6.99. The van der Waals surface area contributed by atoms with Crippen molar-refractivity contribution in [2.75, 3.05) is 13.1 Å². The summed E-state index contributed by atoms with van der Waals surface area (Å²) < 4.78 is 2.25. The Balaban J connectivity index is 0.000000807. The number of nitrogens with one attached hydrogen (secondary N) is 2. The zero-order chi connectivity index (χ0) is 12.8. The fourth-order valence-electron chi connectivity index (χ4n) is 3.26. The number of nitrogens with zero attached hydrogens (tertiary/aromatic N) is 3. The molecule has 4 heterocycles. The van der Waals surface area contributed by atoms with Crippen molar-refractivity contribution in [2.24, 2.45) is 5.92 Å². The highest BCUT2D eigenvalue weighted by Crippen LogP contribution is 2.31. The maximum absolute atomic E-state index is 4.52. The van der Waals surface area contributed by atoms with Crippen LogP contribution in [0.15, 0.2) is 24.7 Å². The Labute approximate surface area is 135 Å². The number of hydrogen-bond donors (Lipinski definition) is 2. The highest BCUT2D eigenvalue weighted by molar-refractivity contribution is 5.85. The van der Waals surface area contributed by atoms with Crippen LogP contribution in [0.3, 0.4) is 0 Å². The summed E-state index contributed by atoms with van der Waals surface area (Å²) in [4.78, 5) is 12.1. The molecule has 0 aliphatic carbocycles. The highest BCUT2D eigenvalue weighted by Gasteiger charge is 2.29. The van der Waals surface area contributed by atoms with E-state index in [4.69, 9.17) is 0 Å². The Morgan fingerprint density at radius 3 is 2.90 bits per heavy atom. The molecule has 5 nitrogen and oxygen atoms in total. The lowest BCUT2D eigenvalue weighted by molar-refractivity contribution is 0.493. The van der Waals surface area contributed by atoms with Crippen molar-refractivity contribution >= 4 is 41.6 Å². The van der Waals surface area contributed by atoms with Gasteiger partial charge in [-0.2, -0.15) is 0 Å². The van der Waals surface area contributed by atoms with E-state index < -0.39 is 0 Å². The van der Waals surface area contributed by atoms with Crippen molar-refractivity contribution in [1.29, 1.82) is 0 Å². The first-order chi connectivity index (χ1) is 9.38. The lowest BCUT2D eigenvalue weighted by atomic mass is 9.91. The first-order valence-corrected chi connectivity index (χ1v) is 6.88. The number of H-pyrrole nitrogens is 1. The van der Waals surface area contributed by atoms with Crippen molar-refractivity contribution in [3.8, 4) is 0 Å². The molecular formula is C14H19Cl2N5. The summed E-state index contributed by atoms with van der Waals surface area (Å²) >= 11 is 0. The zero-order valence-corrected chi connectivity index (χ0v) is 13.4. The number of aromatic amines is 1. The van der Waals surface area contributed by atoms with Crippen molar-refractivity contribution < 1.29 is 0 Å². The molecule has 1 saturated heterocycles. The number of rotatable bonds is 2. The molecule has 21 heavy (non-hydrogen) atoms. The van der Waals surface area contributed by atoms with Gasteiger partial charge in [0.2, 0.25) is 0 Å². The van der Waals surface area contributed by atoms with E-state index in [0.29, 0.717) is 11.8 Å². The fourth-order valence-corrected chi connectivity index (χ4v) is 3.26. The number of halogens is 2. The second-order valence-corrected chi connectivity index (χ2v) is 5.28. The molecule has 0 spiro atoms. The fraction of sp³-hybridized carbons (Fsp3) is 0.429. The standard InChI is InChI=1S/C14H17N5.2ClH/c1-2-9-5-15-6-10(9)12-7-17-13-8-18-14-11(19(12)13)3-4-16-14;;/h3-4,7-10,15-16H,2,5-6H2,1H3;2*1H. The summed E-state index contributed by atoms with van der Waals surface area (Å²) in [5, 5.41) is 3.50. The van der Waals surface area contributed by atoms with Gasteiger partial charge < -0.3 is 10.3 Å². The van der Waals surface area contributed by atoms with Gasteiger partial charge in [-0.05, 0) is 18.5 Å². The van der Waals surface area contributed by atoms with Crippen LogP contribution in [-0.2, 0) is 0 Å². The number of aromatic nitrogens is 4. The molecule has 0 saturated carbocycles. The molecule has 4 rings (SSSR count). The van der Waals surface area contributed by atoms with Crippen molar-refractivity contribution in [2.45, 2.75) is 19.3 Å². The maximum Gasteiger partial charge on any atom is 0.156 e. The van der Waals surface area contributed by atoms with Gasteiger partial charge in [-0.15, -0.1) is 24.8 Å². The van der Waals surface area contributed by atoms with Gasteiger partial charge in [0, 0.05) is 30.6 Å². The minimum absolute atomic E-state index is 0. The monoisotopic (exact) mass is 327 g/mol.